The van der Waals surface area contributed by atoms with Gasteiger partial charge in [-0.2, -0.15) is 0 Å². The average molecular weight is 360 g/mol. The SMILES string of the molecule is CN(C)C(=O)c1ccccc1-c1ccc2ncc(N3CCCCC3)nc2c1. The molecule has 2 heterocycles. The van der Waals surface area contributed by atoms with Crippen LogP contribution in [0.1, 0.15) is 29.6 Å². The molecule has 2 aromatic carbocycles. The zero-order valence-corrected chi connectivity index (χ0v) is 15.9. The van der Waals surface area contributed by atoms with Crippen molar-refractivity contribution in [2.24, 2.45) is 0 Å². The van der Waals surface area contributed by atoms with Gasteiger partial charge in [0.1, 0.15) is 5.82 Å². The minimum Gasteiger partial charge on any atom is -0.355 e. The van der Waals surface area contributed by atoms with Crippen LogP contribution in [0.3, 0.4) is 0 Å². The Kier molecular flexibility index (Phi) is 4.75. The van der Waals surface area contributed by atoms with Crippen LogP contribution < -0.4 is 4.90 Å². The normalized spacial score (nSPS) is 14.4. The Morgan fingerprint density at radius 1 is 1.00 bits per heavy atom. The molecule has 0 saturated carbocycles. The van der Waals surface area contributed by atoms with E-state index in [-0.39, 0.29) is 5.91 Å². The number of hydrogen-bond donors (Lipinski definition) is 0. The van der Waals surface area contributed by atoms with Crippen molar-refractivity contribution in [3.8, 4) is 11.1 Å². The maximum Gasteiger partial charge on any atom is 0.253 e. The van der Waals surface area contributed by atoms with Gasteiger partial charge >= 0.3 is 0 Å². The summed E-state index contributed by atoms with van der Waals surface area (Å²) in [6, 6.07) is 13.8. The molecule has 0 unspecified atom stereocenters. The maximum absolute atomic E-state index is 12.6. The van der Waals surface area contributed by atoms with E-state index in [4.69, 9.17) is 4.98 Å². The van der Waals surface area contributed by atoms with Crippen molar-refractivity contribution in [1.82, 2.24) is 14.9 Å². The standard InChI is InChI=1S/C22H24N4O/c1-25(2)22(27)18-9-5-4-8-17(18)16-10-11-19-20(14-16)24-21(15-23-19)26-12-6-3-7-13-26/h4-5,8-11,14-15H,3,6-7,12-13H2,1-2H3. The summed E-state index contributed by atoms with van der Waals surface area (Å²) >= 11 is 0. The van der Waals surface area contributed by atoms with Crippen LogP contribution in [0.25, 0.3) is 22.2 Å². The summed E-state index contributed by atoms with van der Waals surface area (Å²) in [6.07, 6.45) is 5.58. The first-order valence-electron chi connectivity index (χ1n) is 9.46. The zero-order chi connectivity index (χ0) is 18.8. The molecule has 5 heteroatoms. The number of carbonyl (C=O) groups is 1. The lowest BCUT2D eigenvalue weighted by molar-refractivity contribution is 0.0828. The smallest absolute Gasteiger partial charge is 0.253 e. The first kappa shape index (κ1) is 17.5. The fourth-order valence-electron chi connectivity index (χ4n) is 3.61. The van der Waals surface area contributed by atoms with E-state index in [9.17, 15) is 4.79 Å². The lowest BCUT2D eigenvalue weighted by atomic mass is 9.98. The third-order valence-electron chi connectivity index (χ3n) is 5.08. The molecule has 0 N–H and O–H groups in total. The van der Waals surface area contributed by atoms with E-state index >= 15 is 0 Å². The van der Waals surface area contributed by atoms with E-state index in [2.05, 4.69) is 9.88 Å². The van der Waals surface area contributed by atoms with Crippen LogP contribution in [-0.4, -0.2) is 48.0 Å². The summed E-state index contributed by atoms with van der Waals surface area (Å²) in [5.41, 5.74) is 4.34. The predicted octanol–water partition coefficient (Wildman–Crippen LogP) is 3.99. The van der Waals surface area contributed by atoms with Crippen LogP contribution in [0.15, 0.2) is 48.7 Å². The van der Waals surface area contributed by atoms with Crippen molar-refractivity contribution in [3.63, 3.8) is 0 Å². The zero-order valence-electron chi connectivity index (χ0n) is 15.9. The van der Waals surface area contributed by atoms with Crippen LogP contribution in [0.4, 0.5) is 5.82 Å². The highest BCUT2D eigenvalue weighted by molar-refractivity contribution is 6.01. The highest BCUT2D eigenvalue weighted by Gasteiger charge is 2.16. The number of rotatable bonds is 3. The first-order valence-corrected chi connectivity index (χ1v) is 9.46. The van der Waals surface area contributed by atoms with E-state index in [1.165, 1.54) is 19.3 Å². The van der Waals surface area contributed by atoms with Crippen LogP contribution in [-0.2, 0) is 0 Å². The quantitative estimate of drug-likeness (QED) is 0.709. The van der Waals surface area contributed by atoms with Crippen molar-refractivity contribution >= 4 is 22.8 Å². The Labute approximate surface area is 159 Å². The van der Waals surface area contributed by atoms with Gasteiger partial charge in [0.25, 0.3) is 5.91 Å². The predicted molar refractivity (Wildman–Crippen MR) is 109 cm³/mol. The van der Waals surface area contributed by atoms with Crippen molar-refractivity contribution in [3.05, 3.63) is 54.2 Å². The van der Waals surface area contributed by atoms with Gasteiger partial charge in [-0.3, -0.25) is 9.78 Å². The van der Waals surface area contributed by atoms with E-state index in [0.717, 1.165) is 41.1 Å². The highest BCUT2D eigenvalue weighted by Crippen LogP contribution is 2.28. The molecule has 0 radical (unpaired) electrons. The third-order valence-corrected chi connectivity index (χ3v) is 5.08. The molecule has 138 valence electrons. The molecule has 5 nitrogen and oxygen atoms in total. The molecule has 1 aromatic heterocycles. The monoisotopic (exact) mass is 360 g/mol. The minimum absolute atomic E-state index is 0.00107. The van der Waals surface area contributed by atoms with Gasteiger partial charge in [-0.05, 0) is 48.6 Å². The Hall–Kier alpha value is -2.95. The average Bonchev–Trinajstić information content (AvgIpc) is 2.73. The van der Waals surface area contributed by atoms with E-state index in [1.54, 1.807) is 19.0 Å². The summed E-state index contributed by atoms with van der Waals surface area (Å²) in [5, 5.41) is 0. The van der Waals surface area contributed by atoms with Gasteiger partial charge < -0.3 is 9.80 Å². The molecule has 0 bridgehead atoms. The topological polar surface area (TPSA) is 49.3 Å². The summed E-state index contributed by atoms with van der Waals surface area (Å²) in [6.45, 7) is 2.08. The molecule has 0 aliphatic carbocycles. The van der Waals surface area contributed by atoms with E-state index in [1.807, 2.05) is 48.7 Å². The number of nitrogens with zero attached hydrogens (tertiary/aromatic N) is 4. The van der Waals surface area contributed by atoms with Gasteiger partial charge in [0.15, 0.2) is 0 Å². The van der Waals surface area contributed by atoms with Crippen LogP contribution >= 0.6 is 0 Å². The Bertz CT molecular complexity index is 977. The van der Waals surface area contributed by atoms with Crippen LogP contribution in [0.5, 0.6) is 0 Å². The van der Waals surface area contributed by atoms with Gasteiger partial charge in [0.2, 0.25) is 0 Å². The molecule has 0 spiro atoms. The number of amides is 1. The van der Waals surface area contributed by atoms with E-state index < -0.39 is 0 Å². The van der Waals surface area contributed by atoms with Gasteiger partial charge in [0, 0.05) is 32.7 Å². The number of benzene rings is 2. The fraction of sp³-hybridized carbons (Fsp3) is 0.318. The summed E-state index contributed by atoms with van der Waals surface area (Å²) in [5.74, 6) is 0.941. The van der Waals surface area contributed by atoms with Crippen molar-refractivity contribution in [1.29, 1.82) is 0 Å². The molecule has 0 atom stereocenters. The fourth-order valence-corrected chi connectivity index (χ4v) is 3.61. The van der Waals surface area contributed by atoms with E-state index in [0.29, 0.717) is 5.56 Å². The molecule has 1 fully saturated rings. The molecule has 4 rings (SSSR count). The molecule has 1 amide bonds. The largest absolute Gasteiger partial charge is 0.355 e. The number of aromatic nitrogens is 2. The summed E-state index contributed by atoms with van der Waals surface area (Å²) in [4.78, 5) is 25.9. The molecule has 3 aromatic rings. The number of anilines is 1. The number of piperidine rings is 1. The molecular formula is C22H24N4O. The number of carbonyl (C=O) groups excluding carboxylic acids is 1. The summed E-state index contributed by atoms with van der Waals surface area (Å²) < 4.78 is 0. The Balaban J connectivity index is 1.76. The second kappa shape index (κ2) is 7.35. The molecule has 1 aliphatic heterocycles. The number of hydrogen-bond acceptors (Lipinski definition) is 4. The Morgan fingerprint density at radius 3 is 2.56 bits per heavy atom. The van der Waals surface area contributed by atoms with Gasteiger partial charge in [-0.15, -0.1) is 0 Å². The second-order valence-corrected chi connectivity index (χ2v) is 7.22. The molecule has 1 saturated heterocycles. The third kappa shape index (κ3) is 3.50. The summed E-state index contributed by atoms with van der Waals surface area (Å²) in [7, 11) is 3.55. The van der Waals surface area contributed by atoms with Crippen molar-refractivity contribution in [2.75, 3.05) is 32.1 Å². The Morgan fingerprint density at radius 2 is 1.78 bits per heavy atom. The highest BCUT2D eigenvalue weighted by atomic mass is 16.2. The van der Waals surface area contributed by atoms with Crippen molar-refractivity contribution in [2.45, 2.75) is 19.3 Å². The van der Waals surface area contributed by atoms with Gasteiger partial charge in [0.05, 0.1) is 17.2 Å². The van der Waals surface area contributed by atoms with Crippen molar-refractivity contribution < 1.29 is 4.79 Å². The van der Waals surface area contributed by atoms with Crippen LogP contribution in [0.2, 0.25) is 0 Å². The molecule has 1 aliphatic rings. The molecule has 27 heavy (non-hydrogen) atoms. The lowest BCUT2D eigenvalue weighted by Crippen LogP contribution is -2.30. The maximum atomic E-state index is 12.6. The minimum atomic E-state index is -0.00107. The first-order chi connectivity index (χ1) is 13.1. The van der Waals surface area contributed by atoms with Crippen LogP contribution in [0, 0.1) is 0 Å². The lowest BCUT2D eigenvalue weighted by Gasteiger charge is -2.27. The second-order valence-electron chi connectivity index (χ2n) is 7.22. The van der Waals surface area contributed by atoms with Gasteiger partial charge in [-0.1, -0.05) is 24.3 Å². The van der Waals surface area contributed by atoms with Gasteiger partial charge in [-0.25, -0.2) is 4.98 Å². The number of fused-ring (bicyclic) bond motifs is 1. The molecular weight excluding hydrogens is 336 g/mol.